The predicted molar refractivity (Wildman–Crippen MR) is 71.6 cm³/mol. The van der Waals surface area contributed by atoms with E-state index < -0.39 is 21.9 Å². The highest BCUT2D eigenvalue weighted by molar-refractivity contribution is 7.89. The van der Waals surface area contributed by atoms with Gasteiger partial charge in [-0.25, -0.2) is 17.5 Å². The first kappa shape index (κ1) is 15.9. The molecule has 1 aromatic rings. The summed E-state index contributed by atoms with van der Waals surface area (Å²) < 4.78 is 40.0. The number of benzene rings is 1. The zero-order chi connectivity index (χ0) is 14.8. The molecule has 0 heterocycles. The second kappa shape index (κ2) is 5.85. The van der Waals surface area contributed by atoms with Crippen molar-refractivity contribution in [2.45, 2.75) is 31.7 Å². The van der Waals surface area contributed by atoms with E-state index in [4.69, 9.17) is 10.8 Å². The van der Waals surface area contributed by atoms with E-state index in [-0.39, 0.29) is 28.7 Å². The SMILES string of the molecule is Cc1cc(S(=O)(=O)NC(CO)C(C)C)cc(N)c1F. The Morgan fingerprint density at radius 2 is 2.00 bits per heavy atom. The lowest BCUT2D eigenvalue weighted by molar-refractivity contribution is 0.227. The third-order valence-corrected chi connectivity index (χ3v) is 4.34. The molecule has 0 bridgehead atoms. The molecule has 1 aromatic carbocycles. The number of nitrogens with one attached hydrogen (secondary N) is 1. The van der Waals surface area contributed by atoms with Crippen LogP contribution < -0.4 is 10.5 Å². The van der Waals surface area contributed by atoms with Crippen molar-refractivity contribution in [2.24, 2.45) is 5.92 Å². The maximum Gasteiger partial charge on any atom is 0.240 e. The summed E-state index contributed by atoms with van der Waals surface area (Å²) in [4.78, 5) is -0.108. The van der Waals surface area contributed by atoms with E-state index in [9.17, 15) is 12.8 Å². The highest BCUT2D eigenvalue weighted by Crippen LogP contribution is 2.21. The van der Waals surface area contributed by atoms with Gasteiger partial charge in [0.25, 0.3) is 0 Å². The van der Waals surface area contributed by atoms with Gasteiger partial charge in [-0.2, -0.15) is 0 Å². The fourth-order valence-corrected chi connectivity index (χ4v) is 3.06. The van der Waals surface area contributed by atoms with E-state index in [0.717, 1.165) is 6.07 Å². The van der Waals surface area contributed by atoms with E-state index in [1.807, 2.05) is 0 Å². The summed E-state index contributed by atoms with van der Waals surface area (Å²) in [6.07, 6.45) is 0. The number of hydrogen-bond acceptors (Lipinski definition) is 4. The highest BCUT2D eigenvalue weighted by atomic mass is 32.2. The van der Waals surface area contributed by atoms with Crippen LogP contribution in [-0.4, -0.2) is 26.2 Å². The molecule has 7 heteroatoms. The van der Waals surface area contributed by atoms with Gasteiger partial charge in [-0.15, -0.1) is 0 Å². The molecule has 1 unspecified atom stereocenters. The minimum absolute atomic E-state index is 0.0707. The molecular formula is C12H19FN2O3S. The van der Waals surface area contributed by atoms with E-state index in [1.54, 1.807) is 13.8 Å². The van der Waals surface area contributed by atoms with Crippen molar-refractivity contribution < 1.29 is 17.9 Å². The number of halogens is 1. The third-order valence-electron chi connectivity index (χ3n) is 2.87. The Hall–Kier alpha value is -1.18. The zero-order valence-electron chi connectivity index (χ0n) is 11.1. The smallest absolute Gasteiger partial charge is 0.240 e. The first-order valence-corrected chi connectivity index (χ1v) is 7.36. The first-order chi connectivity index (χ1) is 8.69. The summed E-state index contributed by atoms with van der Waals surface area (Å²) in [6, 6.07) is 1.68. The molecule has 0 amide bonds. The van der Waals surface area contributed by atoms with Gasteiger partial charge >= 0.3 is 0 Å². The van der Waals surface area contributed by atoms with Crippen LogP contribution in [0.3, 0.4) is 0 Å². The Balaban J connectivity index is 3.14. The number of hydrogen-bond donors (Lipinski definition) is 3. The molecule has 0 saturated heterocycles. The predicted octanol–water partition coefficient (Wildman–Crippen LogP) is 1.01. The van der Waals surface area contributed by atoms with Crippen LogP contribution in [0, 0.1) is 18.7 Å². The lowest BCUT2D eigenvalue weighted by atomic mass is 10.1. The van der Waals surface area contributed by atoms with Crippen LogP contribution >= 0.6 is 0 Å². The molecule has 0 aliphatic heterocycles. The summed E-state index contributed by atoms with van der Waals surface area (Å²) >= 11 is 0. The van der Waals surface area contributed by atoms with E-state index >= 15 is 0 Å². The molecular weight excluding hydrogens is 271 g/mol. The van der Waals surface area contributed by atoms with Crippen LogP contribution in [0.15, 0.2) is 17.0 Å². The fourth-order valence-electron chi connectivity index (χ4n) is 1.57. The van der Waals surface area contributed by atoms with Gasteiger partial charge in [0.2, 0.25) is 10.0 Å². The van der Waals surface area contributed by atoms with Crippen LogP contribution in [0.2, 0.25) is 0 Å². The van der Waals surface area contributed by atoms with Crippen LogP contribution in [0.25, 0.3) is 0 Å². The Kier molecular flexibility index (Phi) is 4.89. The summed E-state index contributed by atoms with van der Waals surface area (Å²) in [5, 5.41) is 9.15. The number of aliphatic hydroxyl groups is 1. The number of aliphatic hydroxyl groups excluding tert-OH is 1. The van der Waals surface area contributed by atoms with Gasteiger partial charge in [-0.05, 0) is 30.5 Å². The number of anilines is 1. The fraction of sp³-hybridized carbons (Fsp3) is 0.500. The van der Waals surface area contributed by atoms with Gasteiger partial charge < -0.3 is 10.8 Å². The lowest BCUT2D eigenvalue weighted by Crippen LogP contribution is -2.41. The summed E-state index contributed by atoms with van der Waals surface area (Å²) in [7, 11) is -3.84. The summed E-state index contributed by atoms with van der Waals surface area (Å²) in [5.41, 5.74) is 5.37. The minimum Gasteiger partial charge on any atom is -0.396 e. The Bertz CT molecular complexity index is 535. The molecule has 19 heavy (non-hydrogen) atoms. The molecule has 0 saturated carbocycles. The minimum atomic E-state index is -3.84. The average molecular weight is 290 g/mol. The second-order valence-corrected chi connectivity index (χ2v) is 6.51. The van der Waals surface area contributed by atoms with E-state index in [1.165, 1.54) is 13.0 Å². The molecule has 0 aromatic heterocycles. The number of nitrogens with two attached hydrogens (primary N) is 1. The van der Waals surface area contributed by atoms with Crippen LogP contribution in [0.4, 0.5) is 10.1 Å². The molecule has 0 fully saturated rings. The number of sulfonamides is 1. The lowest BCUT2D eigenvalue weighted by Gasteiger charge is -2.20. The number of nitrogen functional groups attached to an aromatic ring is 1. The number of rotatable bonds is 5. The monoisotopic (exact) mass is 290 g/mol. The van der Waals surface area contributed by atoms with Crippen molar-refractivity contribution in [3.63, 3.8) is 0 Å². The summed E-state index contributed by atoms with van der Waals surface area (Å²) in [5.74, 6) is -0.694. The van der Waals surface area contributed by atoms with Crippen molar-refractivity contribution >= 4 is 15.7 Å². The van der Waals surface area contributed by atoms with Crippen molar-refractivity contribution in [1.82, 2.24) is 4.72 Å². The van der Waals surface area contributed by atoms with Crippen LogP contribution in [0.5, 0.6) is 0 Å². The molecule has 0 aliphatic carbocycles. The quantitative estimate of drug-likeness (QED) is 0.706. The van der Waals surface area contributed by atoms with Gasteiger partial charge in [-0.3, -0.25) is 0 Å². The molecule has 5 nitrogen and oxygen atoms in total. The van der Waals surface area contributed by atoms with Crippen LogP contribution in [0.1, 0.15) is 19.4 Å². The van der Waals surface area contributed by atoms with E-state index in [2.05, 4.69) is 4.72 Å². The molecule has 0 radical (unpaired) electrons. The van der Waals surface area contributed by atoms with E-state index in [0.29, 0.717) is 0 Å². The average Bonchev–Trinajstić information content (AvgIpc) is 2.32. The largest absolute Gasteiger partial charge is 0.396 e. The van der Waals surface area contributed by atoms with Gasteiger partial charge in [0.05, 0.1) is 17.2 Å². The maximum absolute atomic E-state index is 13.4. The Labute approximate surface area is 112 Å². The molecule has 1 atom stereocenters. The van der Waals surface area contributed by atoms with Gasteiger partial charge in [-0.1, -0.05) is 13.8 Å². The molecule has 108 valence electrons. The second-order valence-electron chi connectivity index (χ2n) is 4.80. The molecule has 0 spiro atoms. The summed E-state index contributed by atoms with van der Waals surface area (Å²) in [6.45, 7) is 4.70. The van der Waals surface area contributed by atoms with Gasteiger partial charge in [0.1, 0.15) is 5.82 Å². The number of aryl methyl sites for hydroxylation is 1. The van der Waals surface area contributed by atoms with Crippen molar-refractivity contribution in [3.8, 4) is 0 Å². The van der Waals surface area contributed by atoms with Crippen molar-refractivity contribution in [3.05, 3.63) is 23.5 Å². The third kappa shape index (κ3) is 3.65. The first-order valence-electron chi connectivity index (χ1n) is 5.88. The topological polar surface area (TPSA) is 92.4 Å². The molecule has 1 rings (SSSR count). The van der Waals surface area contributed by atoms with Crippen LogP contribution in [-0.2, 0) is 10.0 Å². The normalized spacial score (nSPS) is 13.8. The van der Waals surface area contributed by atoms with Crippen molar-refractivity contribution in [1.29, 1.82) is 0 Å². The standard InChI is InChI=1S/C12H19FN2O3S/c1-7(2)11(6-16)15-19(17,18)9-4-8(3)12(13)10(14)5-9/h4-5,7,11,15-16H,6,14H2,1-3H3. The highest BCUT2D eigenvalue weighted by Gasteiger charge is 2.23. The zero-order valence-corrected chi connectivity index (χ0v) is 12.0. The maximum atomic E-state index is 13.4. The molecule has 4 N–H and O–H groups in total. The Morgan fingerprint density at radius 1 is 1.42 bits per heavy atom. The van der Waals surface area contributed by atoms with Crippen molar-refractivity contribution in [2.75, 3.05) is 12.3 Å². The Morgan fingerprint density at radius 3 is 2.42 bits per heavy atom. The van der Waals surface area contributed by atoms with Gasteiger partial charge in [0, 0.05) is 6.04 Å². The van der Waals surface area contributed by atoms with Gasteiger partial charge in [0.15, 0.2) is 0 Å². The molecule has 0 aliphatic rings.